The molecule has 1 rings (SSSR count). The summed E-state index contributed by atoms with van der Waals surface area (Å²) in [6, 6.07) is 0.170. The number of carbonyl (C=O) groups is 1. The van der Waals surface area contributed by atoms with E-state index in [1.165, 1.54) is 11.3 Å². The topological polar surface area (TPSA) is 51.7 Å². The Kier molecular flexibility index (Phi) is 6.77. The molecule has 0 N–H and O–H groups in total. The molecule has 1 aromatic rings. The van der Waals surface area contributed by atoms with E-state index in [9.17, 15) is 4.79 Å². The minimum absolute atomic E-state index is 0.150. The first kappa shape index (κ1) is 18.1. The molecule has 0 bridgehead atoms. The molecule has 1 aromatic heterocycles. The van der Waals surface area contributed by atoms with E-state index >= 15 is 0 Å². The van der Waals surface area contributed by atoms with Crippen molar-refractivity contribution in [3.8, 4) is 0 Å². The number of methoxy groups -OCH3 is 2. The van der Waals surface area contributed by atoms with Gasteiger partial charge >= 0.3 is 0 Å². The second kappa shape index (κ2) is 7.87. The Hall–Kier alpha value is -0.980. The molecule has 1 atom stereocenters. The van der Waals surface area contributed by atoms with Gasteiger partial charge in [0.05, 0.1) is 29.8 Å². The summed E-state index contributed by atoms with van der Waals surface area (Å²) in [6.45, 7) is 10.2. The fourth-order valence-electron chi connectivity index (χ4n) is 2.09. The zero-order chi connectivity index (χ0) is 16.0. The molecule has 0 aliphatic carbocycles. The van der Waals surface area contributed by atoms with Gasteiger partial charge in [0.1, 0.15) is 0 Å². The second-order valence-electron chi connectivity index (χ2n) is 6.07. The molecule has 0 radical (unpaired) electrons. The molecule has 1 unspecified atom stereocenters. The van der Waals surface area contributed by atoms with E-state index in [1.807, 2.05) is 0 Å². The molecule has 21 heavy (non-hydrogen) atoms. The lowest BCUT2D eigenvalue weighted by Crippen LogP contribution is -2.38. The van der Waals surface area contributed by atoms with E-state index < -0.39 is 0 Å². The highest BCUT2D eigenvalue weighted by Gasteiger charge is 2.26. The SMILES string of the molecule is COCCN(c1nc(C(C)(C)C)c(C=O)s1)C(C)COC. The molecule has 0 aliphatic rings. The smallest absolute Gasteiger partial charge is 0.186 e. The zero-order valence-corrected chi connectivity index (χ0v) is 14.6. The zero-order valence-electron chi connectivity index (χ0n) is 13.8. The van der Waals surface area contributed by atoms with Crippen LogP contribution in [-0.2, 0) is 14.9 Å². The Balaban J connectivity index is 3.12. The van der Waals surface area contributed by atoms with Crippen LogP contribution in [0.15, 0.2) is 0 Å². The Morgan fingerprint density at radius 1 is 1.33 bits per heavy atom. The number of anilines is 1. The van der Waals surface area contributed by atoms with Gasteiger partial charge in [-0.15, -0.1) is 0 Å². The van der Waals surface area contributed by atoms with Gasteiger partial charge in [0.25, 0.3) is 0 Å². The van der Waals surface area contributed by atoms with E-state index in [-0.39, 0.29) is 11.5 Å². The lowest BCUT2D eigenvalue weighted by molar-refractivity contribution is 0.112. The highest BCUT2D eigenvalue weighted by atomic mass is 32.1. The van der Waals surface area contributed by atoms with Crippen molar-refractivity contribution >= 4 is 22.8 Å². The van der Waals surface area contributed by atoms with Crippen LogP contribution in [0.1, 0.15) is 43.1 Å². The van der Waals surface area contributed by atoms with Gasteiger partial charge in [-0.2, -0.15) is 0 Å². The molecule has 5 nitrogen and oxygen atoms in total. The van der Waals surface area contributed by atoms with Crippen LogP contribution in [0, 0.1) is 0 Å². The van der Waals surface area contributed by atoms with E-state index in [1.54, 1.807) is 14.2 Å². The maximum atomic E-state index is 11.3. The third kappa shape index (κ3) is 4.76. The monoisotopic (exact) mass is 314 g/mol. The highest BCUT2D eigenvalue weighted by Crippen LogP contribution is 2.33. The molecular formula is C15H26N2O3S. The van der Waals surface area contributed by atoms with Crippen LogP contribution >= 0.6 is 11.3 Å². The van der Waals surface area contributed by atoms with Gasteiger partial charge in [0.2, 0.25) is 0 Å². The summed E-state index contributed by atoms with van der Waals surface area (Å²) in [5.74, 6) is 0. The van der Waals surface area contributed by atoms with Gasteiger partial charge in [-0.3, -0.25) is 4.79 Å². The Bertz CT molecular complexity index is 454. The Morgan fingerprint density at radius 3 is 2.43 bits per heavy atom. The summed E-state index contributed by atoms with van der Waals surface area (Å²) in [5.41, 5.74) is 0.701. The van der Waals surface area contributed by atoms with Crippen molar-refractivity contribution < 1.29 is 14.3 Å². The number of rotatable bonds is 8. The van der Waals surface area contributed by atoms with Crippen LogP contribution < -0.4 is 4.90 Å². The van der Waals surface area contributed by atoms with Crippen molar-refractivity contribution in [1.82, 2.24) is 4.98 Å². The third-order valence-corrected chi connectivity index (χ3v) is 4.20. The van der Waals surface area contributed by atoms with E-state index in [0.29, 0.717) is 18.1 Å². The minimum atomic E-state index is -0.150. The number of hydrogen-bond acceptors (Lipinski definition) is 6. The molecule has 0 aromatic carbocycles. The van der Waals surface area contributed by atoms with Crippen LogP contribution in [-0.4, -0.2) is 51.3 Å². The number of aldehydes is 1. The number of nitrogens with zero attached hydrogens (tertiary/aromatic N) is 2. The summed E-state index contributed by atoms with van der Waals surface area (Å²) < 4.78 is 10.4. The summed E-state index contributed by atoms with van der Waals surface area (Å²) in [5, 5.41) is 0.851. The maximum absolute atomic E-state index is 11.3. The Morgan fingerprint density at radius 2 is 2.00 bits per heavy atom. The molecule has 6 heteroatoms. The largest absolute Gasteiger partial charge is 0.383 e. The number of aromatic nitrogens is 1. The van der Waals surface area contributed by atoms with Crippen LogP contribution in [0.5, 0.6) is 0 Å². The van der Waals surface area contributed by atoms with Crippen LogP contribution in [0.25, 0.3) is 0 Å². The van der Waals surface area contributed by atoms with Gasteiger partial charge in [0, 0.05) is 26.2 Å². The van der Waals surface area contributed by atoms with Gasteiger partial charge in [0.15, 0.2) is 11.4 Å². The lowest BCUT2D eigenvalue weighted by Gasteiger charge is -2.28. The van der Waals surface area contributed by atoms with E-state index in [0.717, 1.165) is 23.7 Å². The van der Waals surface area contributed by atoms with Crippen molar-refractivity contribution in [2.45, 2.75) is 39.2 Å². The molecule has 0 saturated heterocycles. The van der Waals surface area contributed by atoms with Crippen LogP contribution in [0.3, 0.4) is 0 Å². The predicted octanol–water partition coefficient (Wildman–Crippen LogP) is 2.74. The lowest BCUT2D eigenvalue weighted by atomic mass is 9.91. The molecule has 0 amide bonds. The molecule has 0 aliphatic heterocycles. The summed E-state index contributed by atoms with van der Waals surface area (Å²) in [7, 11) is 3.36. The molecule has 0 fully saturated rings. The second-order valence-corrected chi connectivity index (χ2v) is 7.08. The first-order valence-corrected chi connectivity index (χ1v) is 7.87. The molecular weight excluding hydrogens is 288 g/mol. The Labute approximate surface area is 131 Å². The van der Waals surface area contributed by atoms with Gasteiger partial charge in [-0.1, -0.05) is 32.1 Å². The number of hydrogen-bond donors (Lipinski definition) is 0. The van der Waals surface area contributed by atoms with E-state index in [2.05, 4.69) is 32.6 Å². The van der Waals surface area contributed by atoms with Crippen molar-refractivity contribution in [1.29, 1.82) is 0 Å². The quantitative estimate of drug-likeness (QED) is 0.691. The minimum Gasteiger partial charge on any atom is -0.383 e. The summed E-state index contributed by atoms with van der Waals surface area (Å²) >= 11 is 1.43. The van der Waals surface area contributed by atoms with Crippen molar-refractivity contribution in [2.75, 3.05) is 38.9 Å². The standard InChI is InChI=1S/C15H26N2O3S/c1-11(10-20-6)17(7-8-19-5)14-16-13(15(2,3)4)12(9-18)21-14/h9,11H,7-8,10H2,1-6H3. The molecule has 120 valence electrons. The number of thiazole rings is 1. The number of ether oxygens (including phenoxy) is 2. The van der Waals surface area contributed by atoms with E-state index in [4.69, 9.17) is 14.5 Å². The fraction of sp³-hybridized carbons (Fsp3) is 0.733. The van der Waals surface area contributed by atoms with Crippen LogP contribution in [0.4, 0.5) is 5.13 Å². The molecule has 0 spiro atoms. The maximum Gasteiger partial charge on any atom is 0.186 e. The highest BCUT2D eigenvalue weighted by molar-refractivity contribution is 7.17. The van der Waals surface area contributed by atoms with Crippen molar-refractivity contribution in [3.05, 3.63) is 10.6 Å². The first-order chi connectivity index (χ1) is 9.85. The summed E-state index contributed by atoms with van der Waals surface area (Å²) in [4.78, 5) is 18.9. The van der Waals surface area contributed by atoms with Crippen LogP contribution in [0.2, 0.25) is 0 Å². The normalized spacial score (nSPS) is 13.2. The summed E-state index contributed by atoms with van der Waals surface area (Å²) in [6.07, 6.45) is 0.900. The fourth-order valence-corrected chi connectivity index (χ4v) is 3.30. The average molecular weight is 314 g/mol. The first-order valence-electron chi connectivity index (χ1n) is 7.06. The van der Waals surface area contributed by atoms with Crippen molar-refractivity contribution in [3.63, 3.8) is 0 Å². The molecule has 0 saturated carbocycles. The molecule has 1 heterocycles. The van der Waals surface area contributed by atoms with Gasteiger partial charge in [-0.05, 0) is 6.92 Å². The van der Waals surface area contributed by atoms with Crippen molar-refractivity contribution in [2.24, 2.45) is 0 Å². The third-order valence-electron chi connectivity index (χ3n) is 3.18. The number of carbonyl (C=O) groups excluding carboxylic acids is 1. The average Bonchev–Trinajstić information content (AvgIpc) is 2.83. The predicted molar refractivity (Wildman–Crippen MR) is 86.8 cm³/mol. The van der Waals surface area contributed by atoms with Gasteiger partial charge in [-0.25, -0.2) is 4.98 Å². The van der Waals surface area contributed by atoms with Gasteiger partial charge < -0.3 is 14.4 Å².